The van der Waals surface area contributed by atoms with Gasteiger partial charge in [0, 0.05) is 11.5 Å². The molecule has 2 bridgehead atoms. The fourth-order valence-electron chi connectivity index (χ4n) is 5.34. The molecule has 0 radical (unpaired) electrons. The van der Waals surface area contributed by atoms with Crippen LogP contribution in [0.4, 0.5) is 11.4 Å². The molecule has 0 aromatic heterocycles. The van der Waals surface area contributed by atoms with Crippen LogP contribution in [-0.2, 0) is 14.3 Å². The van der Waals surface area contributed by atoms with E-state index in [1.807, 2.05) is 13.8 Å². The quantitative estimate of drug-likeness (QED) is 0.462. The number of imide groups is 1. The minimum atomic E-state index is -0.627. The van der Waals surface area contributed by atoms with Crippen molar-refractivity contribution >= 4 is 34.0 Å². The van der Waals surface area contributed by atoms with E-state index in [0.717, 1.165) is 12.8 Å². The maximum atomic E-state index is 13.3. The lowest BCUT2D eigenvalue weighted by Crippen LogP contribution is -2.40. The Bertz CT molecular complexity index is 1020. The van der Waals surface area contributed by atoms with Crippen molar-refractivity contribution in [1.29, 1.82) is 0 Å². The fourth-order valence-corrected chi connectivity index (χ4v) is 5.34. The molecule has 7 heteroatoms. The number of ether oxygens (including phenoxy) is 1. The van der Waals surface area contributed by atoms with Gasteiger partial charge in [-0.05, 0) is 38.8 Å². The Morgan fingerprint density at radius 1 is 1.00 bits per heavy atom. The van der Waals surface area contributed by atoms with E-state index in [0.29, 0.717) is 16.5 Å². The van der Waals surface area contributed by atoms with E-state index in [-0.39, 0.29) is 17.5 Å². The second-order valence-electron chi connectivity index (χ2n) is 8.10. The van der Waals surface area contributed by atoms with Crippen molar-refractivity contribution in [2.24, 2.45) is 11.8 Å². The van der Waals surface area contributed by atoms with Gasteiger partial charge in [-0.1, -0.05) is 18.2 Å². The molecule has 138 valence electrons. The third-order valence-electron chi connectivity index (χ3n) is 6.52. The van der Waals surface area contributed by atoms with Crippen LogP contribution in [0.15, 0.2) is 36.4 Å². The molecular weight excluding hydrogens is 348 g/mol. The van der Waals surface area contributed by atoms with E-state index in [1.165, 1.54) is 11.0 Å². The highest BCUT2D eigenvalue weighted by molar-refractivity contribution is 6.26. The molecule has 3 aliphatic heterocycles. The predicted octanol–water partition coefficient (Wildman–Crippen LogP) is 3.20. The number of fused-ring (bicyclic) bond motifs is 6. The van der Waals surface area contributed by atoms with Gasteiger partial charge < -0.3 is 4.74 Å². The third-order valence-corrected chi connectivity index (χ3v) is 6.52. The Kier molecular flexibility index (Phi) is 2.99. The highest BCUT2D eigenvalue weighted by Crippen LogP contribution is 2.61. The molecule has 3 heterocycles. The Labute approximate surface area is 155 Å². The van der Waals surface area contributed by atoms with Crippen molar-refractivity contribution in [2.75, 3.05) is 4.90 Å². The maximum absolute atomic E-state index is 13.3. The second-order valence-corrected chi connectivity index (χ2v) is 8.10. The average molecular weight is 366 g/mol. The SMILES string of the molecule is CC12CCC(C)(O1)[C@H]1C(=O)N(c3cccc4c([N+](=O)[O-])cccc34)C(=O)[C@H]12. The number of carbonyl (C=O) groups is 2. The molecule has 0 aliphatic carbocycles. The zero-order valence-electron chi connectivity index (χ0n) is 15.0. The lowest BCUT2D eigenvalue weighted by atomic mass is 9.69. The Morgan fingerprint density at radius 2 is 1.56 bits per heavy atom. The molecule has 3 aliphatic rings. The Balaban J connectivity index is 1.69. The third kappa shape index (κ3) is 1.89. The van der Waals surface area contributed by atoms with Crippen LogP contribution in [-0.4, -0.2) is 27.9 Å². The van der Waals surface area contributed by atoms with Crippen molar-refractivity contribution < 1.29 is 19.2 Å². The molecule has 5 rings (SSSR count). The summed E-state index contributed by atoms with van der Waals surface area (Å²) in [6.07, 6.45) is 1.50. The van der Waals surface area contributed by atoms with Crippen molar-refractivity contribution in [3.05, 3.63) is 46.5 Å². The Hall–Kier alpha value is -2.80. The lowest BCUT2D eigenvalue weighted by Gasteiger charge is -2.27. The van der Waals surface area contributed by atoms with Gasteiger partial charge in [0.2, 0.25) is 11.8 Å². The molecule has 3 saturated heterocycles. The monoisotopic (exact) mass is 366 g/mol. The highest BCUT2D eigenvalue weighted by Gasteiger charge is 2.72. The maximum Gasteiger partial charge on any atom is 0.277 e. The molecule has 27 heavy (non-hydrogen) atoms. The summed E-state index contributed by atoms with van der Waals surface area (Å²) >= 11 is 0. The number of nitro groups is 1. The highest BCUT2D eigenvalue weighted by atomic mass is 16.6. The van der Waals surface area contributed by atoms with Crippen LogP contribution in [0.5, 0.6) is 0 Å². The van der Waals surface area contributed by atoms with E-state index in [4.69, 9.17) is 4.74 Å². The first-order chi connectivity index (χ1) is 12.8. The molecule has 0 saturated carbocycles. The van der Waals surface area contributed by atoms with E-state index >= 15 is 0 Å². The average Bonchev–Trinajstić information content (AvgIpc) is 3.18. The van der Waals surface area contributed by atoms with Gasteiger partial charge in [-0.2, -0.15) is 0 Å². The number of non-ortho nitro benzene ring substituents is 1. The minimum Gasteiger partial charge on any atom is -0.367 e. The number of carbonyl (C=O) groups excluding carboxylic acids is 2. The van der Waals surface area contributed by atoms with Crippen molar-refractivity contribution in [2.45, 2.75) is 37.9 Å². The molecule has 0 spiro atoms. The van der Waals surface area contributed by atoms with E-state index in [1.54, 1.807) is 30.3 Å². The van der Waals surface area contributed by atoms with Gasteiger partial charge >= 0.3 is 0 Å². The smallest absolute Gasteiger partial charge is 0.277 e. The number of anilines is 1. The van der Waals surface area contributed by atoms with Gasteiger partial charge in [0.1, 0.15) is 0 Å². The van der Waals surface area contributed by atoms with Crippen LogP contribution in [0, 0.1) is 22.0 Å². The van der Waals surface area contributed by atoms with Crippen molar-refractivity contribution in [3.63, 3.8) is 0 Å². The number of nitrogens with zero attached hydrogens (tertiary/aromatic N) is 2. The van der Waals surface area contributed by atoms with E-state index in [2.05, 4.69) is 0 Å². The summed E-state index contributed by atoms with van der Waals surface area (Å²) in [7, 11) is 0. The molecule has 0 N–H and O–H groups in total. The molecule has 2 aromatic carbocycles. The first kappa shape index (κ1) is 16.4. The van der Waals surface area contributed by atoms with E-state index < -0.39 is 28.0 Å². The van der Waals surface area contributed by atoms with Crippen LogP contribution in [0.2, 0.25) is 0 Å². The molecule has 2 amide bonds. The minimum absolute atomic E-state index is 0.0454. The van der Waals surface area contributed by atoms with Crippen LogP contribution >= 0.6 is 0 Å². The molecule has 7 nitrogen and oxygen atoms in total. The summed E-state index contributed by atoms with van der Waals surface area (Å²) in [6, 6.07) is 9.67. The van der Waals surface area contributed by atoms with E-state index in [9.17, 15) is 19.7 Å². The molecule has 4 atom stereocenters. The second kappa shape index (κ2) is 4.92. The Morgan fingerprint density at radius 3 is 2.15 bits per heavy atom. The summed E-state index contributed by atoms with van der Waals surface area (Å²) in [5, 5.41) is 12.3. The largest absolute Gasteiger partial charge is 0.367 e. The standard InChI is InChI=1S/C20H18N2O5/c1-19-9-10-20(2,27-19)16-15(19)17(23)21(18(16)24)13-7-3-6-12-11(13)5-4-8-14(12)22(25)26/h3-8,15-16H,9-10H2,1-2H3/t15-,16+,19?,20?. The number of rotatable bonds is 2. The fraction of sp³-hybridized carbons (Fsp3) is 0.400. The predicted molar refractivity (Wildman–Crippen MR) is 97.2 cm³/mol. The van der Waals surface area contributed by atoms with Gasteiger partial charge in [-0.15, -0.1) is 0 Å². The molecular formula is C20H18N2O5. The number of benzene rings is 2. The van der Waals surface area contributed by atoms with Gasteiger partial charge in [-0.3, -0.25) is 19.7 Å². The van der Waals surface area contributed by atoms with Gasteiger partial charge in [0.25, 0.3) is 5.69 Å². The molecule has 3 fully saturated rings. The van der Waals surface area contributed by atoms with Gasteiger partial charge in [0.05, 0.1) is 39.0 Å². The van der Waals surface area contributed by atoms with Gasteiger partial charge in [-0.25, -0.2) is 4.90 Å². The van der Waals surface area contributed by atoms with Crippen LogP contribution in [0.3, 0.4) is 0 Å². The zero-order chi connectivity index (χ0) is 19.1. The van der Waals surface area contributed by atoms with Crippen LogP contribution in [0.25, 0.3) is 10.8 Å². The van der Waals surface area contributed by atoms with Crippen LogP contribution in [0.1, 0.15) is 26.7 Å². The number of hydrogen-bond donors (Lipinski definition) is 0. The number of hydrogen-bond acceptors (Lipinski definition) is 5. The van der Waals surface area contributed by atoms with Gasteiger partial charge in [0.15, 0.2) is 0 Å². The summed E-state index contributed by atoms with van der Waals surface area (Å²) < 4.78 is 6.12. The first-order valence-corrected chi connectivity index (χ1v) is 9.01. The van der Waals surface area contributed by atoms with Crippen molar-refractivity contribution in [1.82, 2.24) is 0 Å². The van der Waals surface area contributed by atoms with Crippen molar-refractivity contribution in [3.8, 4) is 0 Å². The summed E-state index contributed by atoms with van der Waals surface area (Å²) in [4.78, 5) is 38.7. The normalized spacial score (nSPS) is 34.5. The molecule has 2 aromatic rings. The number of amides is 2. The molecule has 2 unspecified atom stereocenters. The zero-order valence-corrected chi connectivity index (χ0v) is 15.0. The number of nitro benzene ring substituents is 1. The summed E-state index contributed by atoms with van der Waals surface area (Å²) in [5.74, 6) is -1.54. The lowest BCUT2D eigenvalue weighted by molar-refractivity contribution is -0.383. The summed E-state index contributed by atoms with van der Waals surface area (Å²) in [5.41, 5.74) is -0.891. The topological polar surface area (TPSA) is 89.8 Å². The summed E-state index contributed by atoms with van der Waals surface area (Å²) in [6.45, 7) is 3.82. The van der Waals surface area contributed by atoms with Crippen LogP contribution < -0.4 is 4.90 Å². The first-order valence-electron chi connectivity index (χ1n) is 9.01.